The number of carbonyl (C=O) groups excluding carboxylic acids is 1. The van der Waals surface area contributed by atoms with Crippen molar-refractivity contribution in [3.63, 3.8) is 0 Å². The average Bonchev–Trinajstić information content (AvgIpc) is 3.04. The minimum absolute atomic E-state index is 0. The summed E-state index contributed by atoms with van der Waals surface area (Å²) in [5.41, 5.74) is 2.23. The zero-order valence-corrected chi connectivity index (χ0v) is 16.3. The third kappa shape index (κ3) is 3.52. The van der Waals surface area contributed by atoms with Gasteiger partial charge in [0.15, 0.2) is 5.13 Å². The number of thiazole rings is 1. The first kappa shape index (κ1) is 17.9. The molecule has 2 aromatic rings. The van der Waals surface area contributed by atoms with E-state index in [9.17, 15) is 4.79 Å². The number of hydrogen-bond acceptors (Lipinski definition) is 4. The summed E-state index contributed by atoms with van der Waals surface area (Å²) in [6.07, 6.45) is 3.27. The van der Waals surface area contributed by atoms with Crippen LogP contribution in [-0.2, 0) is 4.79 Å². The summed E-state index contributed by atoms with van der Waals surface area (Å²) in [5, 5.41) is 9.08. The second kappa shape index (κ2) is 7.12. The molecule has 2 fully saturated rings. The van der Waals surface area contributed by atoms with Crippen LogP contribution in [0.5, 0.6) is 0 Å². The van der Waals surface area contributed by atoms with Gasteiger partial charge in [-0.2, -0.15) is 0 Å². The van der Waals surface area contributed by atoms with Crippen LogP contribution in [-0.4, -0.2) is 24.0 Å². The summed E-state index contributed by atoms with van der Waals surface area (Å²) in [6.45, 7) is 2.07. The molecule has 128 valence electrons. The van der Waals surface area contributed by atoms with E-state index in [0.29, 0.717) is 5.13 Å². The van der Waals surface area contributed by atoms with Gasteiger partial charge in [0.2, 0.25) is 5.91 Å². The molecule has 2 aliphatic rings. The predicted octanol–water partition coefficient (Wildman–Crippen LogP) is 4.32. The van der Waals surface area contributed by atoms with Crippen molar-refractivity contribution in [2.24, 2.45) is 11.3 Å². The lowest BCUT2D eigenvalue weighted by Gasteiger charge is -2.22. The van der Waals surface area contributed by atoms with Crippen LogP contribution in [0.15, 0.2) is 34.1 Å². The highest BCUT2D eigenvalue weighted by atomic mass is 79.9. The molecule has 1 saturated heterocycles. The normalized spacial score (nSPS) is 21.1. The predicted molar refractivity (Wildman–Crippen MR) is 104 cm³/mol. The van der Waals surface area contributed by atoms with E-state index in [1.54, 1.807) is 0 Å². The molecule has 1 amide bonds. The van der Waals surface area contributed by atoms with Crippen molar-refractivity contribution >= 4 is 50.7 Å². The second-order valence-corrected chi connectivity index (χ2v) is 8.18. The van der Waals surface area contributed by atoms with Crippen LogP contribution >= 0.6 is 39.7 Å². The van der Waals surface area contributed by atoms with Gasteiger partial charge in [0.1, 0.15) is 0 Å². The quantitative estimate of drug-likeness (QED) is 0.765. The highest BCUT2D eigenvalue weighted by Crippen LogP contribution is 2.58. The van der Waals surface area contributed by atoms with Gasteiger partial charge in [-0.15, -0.1) is 23.7 Å². The van der Waals surface area contributed by atoms with E-state index in [1.807, 2.05) is 29.6 Å². The van der Waals surface area contributed by atoms with Gasteiger partial charge in [0, 0.05) is 21.3 Å². The number of rotatable bonds is 3. The highest BCUT2D eigenvalue weighted by Gasteiger charge is 2.57. The van der Waals surface area contributed by atoms with Crippen LogP contribution in [0.25, 0.3) is 11.3 Å². The number of anilines is 1. The Bertz CT molecular complexity index is 728. The van der Waals surface area contributed by atoms with E-state index in [1.165, 1.54) is 11.3 Å². The van der Waals surface area contributed by atoms with Gasteiger partial charge in [0.05, 0.1) is 5.69 Å². The van der Waals surface area contributed by atoms with Crippen molar-refractivity contribution in [2.75, 3.05) is 18.4 Å². The number of carbonyl (C=O) groups is 1. The monoisotopic (exact) mass is 427 g/mol. The van der Waals surface area contributed by atoms with Crippen molar-refractivity contribution in [3.05, 3.63) is 34.1 Å². The Morgan fingerprint density at radius 3 is 2.71 bits per heavy atom. The van der Waals surface area contributed by atoms with E-state index in [0.717, 1.165) is 48.1 Å². The minimum Gasteiger partial charge on any atom is -0.317 e. The number of nitrogens with zero attached hydrogens (tertiary/aromatic N) is 1. The van der Waals surface area contributed by atoms with E-state index in [2.05, 4.69) is 31.5 Å². The van der Waals surface area contributed by atoms with Gasteiger partial charge in [-0.1, -0.05) is 28.1 Å². The summed E-state index contributed by atoms with van der Waals surface area (Å²) < 4.78 is 1.05. The average molecular weight is 429 g/mol. The highest BCUT2D eigenvalue weighted by molar-refractivity contribution is 9.10. The Morgan fingerprint density at radius 1 is 1.29 bits per heavy atom. The maximum Gasteiger partial charge on any atom is 0.229 e. The SMILES string of the molecule is Cl.O=C(Nc1nc(-c2ccc(Br)cc2)cs1)C1CC12CCNCC2. The molecule has 1 spiro atoms. The Balaban J connectivity index is 0.00000169. The molecule has 1 aromatic carbocycles. The van der Waals surface area contributed by atoms with Gasteiger partial charge in [-0.3, -0.25) is 4.79 Å². The Kier molecular flexibility index (Phi) is 5.30. The number of aromatic nitrogens is 1. The molecule has 1 saturated carbocycles. The van der Waals surface area contributed by atoms with Crippen LogP contribution in [0.3, 0.4) is 0 Å². The maximum atomic E-state index is 12.5. The zero-order chi connectivity index (χ0) is 15.9. The summed E-state index contributed by atoms with van der Waals surface area (Å²) in [7, 11) is 0. The smallest absolute Gasteiger partial charge is 0.229 e. The molecule has 2 N–H and O–H groups in total. The first-order valence-corrected chi connectivity index (χ1v) is 9.57. The molecule has 24 heavy (non-hydrogen) atoms. The molecular formula is C17H19BrClN3OS. The molecule has 7 heteroatoms. The largest absolute Gasteiger partial charge is 0.317 e. The molecule has 1 aliphatic heterocycles. The van der Waals surface area contributed by atoms with Gasteiger partial charge in [-0.05, 0) is 49.9 Å². The van der Waals surface area contributed by atoms with Crippen LogP contribution in [0, 0.1) is 11.3 Å². The Labute approximate surface area is 160 Å². The lowest BCUT2D eigenvalue weighted by atomic mass is 9.92. The number of piperidine rings is 1. The van der Waals surface area contributed by atoms with E-state index in [4.69, 9.17) is 0 Å². The third-order valence-corrected chi connectivity index (χ3v) is 6.27. The summed E-state index contributed by atoms with van der Waals surface area (Å²) in [6, 6.07) is 8.04. The standard InChI is InChI=1S/C17H18BrN3OS.ClH/c18-12-3-1-11(2-4-12)14-10-23-16(20-14)21-15(22)13-9-17(13)5-7-19-8-6-17;/h1-4,10,13,19H,5-9H2,(H,20,21,22);1H. The number of halogens is 2. The van der Waals surface area contributed by atoms with Crippen molar-refractivity contribution in [1.82, 2.24) is 10.3 Å². The second-order valence-electron chi connectivity index (χ2n) is 6.40. The maximum absolute atomic E-state index is 12.5. The molecule has 4 nitrogen and oxygen atoms in total. The van der Waals surface area contributed by atoms with Gasteiger partial charge < -0.3 is 10.6 Å². The molecule has 1 aromatic heterocycles. The number of hydrogen-bond donors (Lipinski definition) is 2. The number of benzene rings is 1. The topological polar surface area (TPSA) is 54.0 Å². The molecule has 0 bridgehead atoms. The van der Waals surface area contributed by atoms with Crippen molar-refractivity contribution in [2.45, 2.75) is 19.3 Å². The fourth-order valence-electron chi connectivity index (χ4n) is 3.47. The Hall–Kier alpha value is -0.950. The molecule has 1 aliphatic carbocycles. The van der Waals surface area contributed by atoms with Gasteiger partial charge in [-0.25, -0.2) is 4.98 Å². The lowest BCUT2D eigenvalue weighted by Crippen LogP contribution is -2.31. The molecule has 1 unspecified atom stereocenters. The van der Waals surface area contributed by atoms with Crippen LogP contribution in [0.4, 0.5) is 5.13 Å². The third-order valence-electron chi connectivity index (χ3n) is 4.98. The van der Waals surface area contributed by atoms with Gasteiger partial charge >= 0.3 is 0 Å². The van der Waals surface area contributed by atoms with Crippen LogP contribution in [0.2, 0.25) is 0 Å². The lowest BCUT2D eigenvalue weighted by molar-refractivity contribution is -0.118. The van der Waals surface area contributed by atoms with Crippen molar-refractivity contribution in [3.8, 4) is 11.3 Å². The zero-order valence-electron chi connectivity index (χ0n) is 13.0. The summed E-state index contributed by atoms with van der Waals surface area (Å²) >= 11 is 4.92. The van der Waals surface area contributed by atoms with Crippen molar-refractivity contribution < 1.29 is 4.79 Å². The summed E-state index contributed by atoms with van der Waals surface area (Å²) in [4.78, 5) is 17.0. The molecular weight excluding hydrogens is 410 g/mol. The minimum atomic E-state index is 0. The molecule has 2 heterocycles. The molecule has 1 atom stereocenters. The van der Waals surface area contributed by atoms with Crippen LogP contribution in [0.1, 0.15) is 19.3 Å². The summed E-state index contributed by atoms with van der Waals surface area (Å²) in [5.74, 6) is 0.313. The van der Waals surface area contributed by atoms with Crippen molar-refractivity contribution in [1.29, 1.82) is 0 Å². The first-order valence-electron chi connectivity index (χ1n) is 7.89. The van der Waals surface area contributed by atoms with E-state index >= 15 is 0 Å². The molecule has 0 radical (unpaired) electrons. The van der Waals surface area contributed by atoms with Crippen LogP contribution < -0.4 is 10.6 Å². The van der Waals surface area contributed by atoms with E-state index in [-0.39, 0.29) is 29.6 Å². The number of nitrogens with one attached hydrogen (secondary N) is 2. The Morgan fingerprint density at radius 2 is 2.00 bits per heavy atom. The molecule has 4 rings (SSSR count). The first-order chi connectivity index (χ1) is 11.2. The van der Waals surface area contributed by atoms with E-state index < -0.39 is 0 Å². The van der Waals surface area contributed by atoms with Gasteiger partial charge in [0.25, 0.3) is 0 Å². The fraction of sp³-hybridized carbons (Fsp3) is 0.412. The number of amides is 1. The fourth-order valence-corrected chi connectivity index (χ4v) is 4.46.